The van der Waals surface area contributed by atoms with Crippen LogP contribution in [0, 0.1) is 10.1 Å². The number of imidazole rings is 1. The molecule has 0 aliphatic heterocycles. The van der Waals surface area contributed by atoms with Crippen LogP contribution in [-0.2, 0) is 4.74 Å². The fourth-order valence-corrected chi connectivity index (χ4v) is 1.82. The molecule has 120 valence electrons. The predicted molar refractivity (Wildman–Crippen MR) is 85.9 cm³/mol. The lowest BCUT2D eigenvalue weighted by Crippen LogP contribution is -2.27. The first-order chi connectivity index (χ1) is 10.8. The first-order valence-corrected chi connectivity index (χ1v) is 6.95. The lowest BCUT2D eigenvalue weighted by Gasteiger charge is -2.19. The Bertz CT molecular complexity index is 757. The highest BCUT2D eigenvalue weighted by Crippen LogP contribution is 2.16. The van der Waals surface area contributed by atoms with Crippen molar-refractivity contribution in [3.05, 3.63) is 58.2 Å². The smallest absolute Gasteiger partial charge is 0.420 e. The number of ether oxygens (including phenoxy) is 1. The molecule has 2 rings (SSSR count). The third-order valence-electron chi connectivity index (χ3n) is 2.77. The molecule has 1 heterocycles. The van der Waals surface area contributed by atoms with Crippen molar-refractivity contribution in [2.24, 2.45) is 0 Å². The molecule has 0 N–H and O–H groups in total. The van der Waals surface area contributed by atoms with Crippen LogP contribution in [0.15, 0.2) is 36.7 Å². The normalized spacial score (nSPS) is 11.6. The summed E-state index contributed by atoms with van der Waals surface area (Å²) in [7, 11) is 0. The van der Waals surface area contributed by atoms with E-state index in [0.29, 0.717) is 11.4 Å². The number of rotatable bonds is 3. The Morgan fingerprint density at radius 2 is 2.09 bits per heavy atom. The Morgan fingerprint density at radius 3 is 2.74 bits per heavy atom. The Labute approximate surface area is 133 Å². The molecule has 0 unspecified atom stereocenters. The maximum atomic E-state index is 12.1. The van der Waals surface area contributed by atoms with Crippen molar-refractivity contribution in [1.82, 2.24) is 9.55 Å². The van der Waals surface area contributed by atoms with Gasteiger partial charge in [0, 0.05) is 24.5 Å². The number of aromatic nitrogens is 2. The maximum Gasteiger partial charge on any atom is 0.420 e. The zero-order valence-corrected chi connectivity index (χ0v) is 13.1. The molecule has 0 fully saturated rings. The van der Waals surface area contributed by atoms with E-state index in [1.807, 2.05) is 0 Å². The topological polar surface area (TPSA) is 87.3 Å². The minimum absolute atomic E-state index is 0.00244. The number of carbonyl (C=O) groups is 1. The number of benzene rings is 1. The number of hydrogen-bond donors (Lipinski definition) is 0. The Hall–Kier alpha value is -2.96. The van der Waals surface area contributed by atoms with Crippen LogP contribution in [0.4, 0.5) is 10.5 Å². The van der Waals surface area contributed by atoms with Crippen LogP contribution in [0.1, 0.15) is 32.2 Å². The number of carbonyl (C=O) groups excluding carboxylic acids is 1. The van der Waals surface area contributed by atoms with Crippen molar-refractivity contribution in [1.29, 1.82) is 0 Å². The van der Waals surface area contributed by atoms with Crippen LogP contribution in [-0.4, -0.2) is 26.2 Å². The second kappa shape index (κ2) is 6.43. The molecule has 7 heteroatoms. The van der Waals surface area contributed by atoms with Crippen LogP contribution < -0.4 is 0 Å². The predicted octanol–water partition coefficient (Wildman–Crippen LogP) is 3.74. The molecule has 0 atom stereocenters. The zero-order valence-electron chi connectivity index (χ0n) is 13.1. The average Bonchev–Trinajstić information content (AvgIpc) is 2.92. The van der Waals surface area contributed by atoms with E-state index in [-0.39, 0.29) is 5.69 Å². The lowest BCUT2D eigenvalue weighted by molar-refractivity contribution is -0.384. The van der Waals surface area contributed by atoms with Crippen molar-refractivity contribution in [2.45, 2.75) is 26.4 Å². The van der Waals surface area contributed by atoms with Gasteiger partial charge in [0.15, 0.2) is 0 Å². The first kappa shape index (κ1) is 16.4. The van der Waals surface area contributed by atoms with Gasteiger partial charge in [0.2, 0.25) is 0 Å². The number of nitro benzene ring substituents is 1. The maximum absolute atomic E-state index is 12.1. The van der Waals surface area contributed by atoms with Crippen LogP contribution in [0.5, 0.6) is 0 Å². The van der Waals surface area contributed by atoms with E-state index in [0.717, 1.165) is 0 Å². The summed E-state index contributed by atoms with van der Waals surface area (Å²) >= 11 is 0. The van der Waals surface area contributed by atoms with Gasteiger partial charge in [0.1, 0.15) is 11.4 Å². The third kappa shape index (κ3) is 4.50. The van der Waals surface area contributed by atoms with E-state index in [4.69, 9.17) is 4.74 Å². The van der Waals surface area contributed by atoms with E-state index in [1.165, 1.54) is 29.1 Å². The molecule has 0 aliphatic carbocycles. The Morgan fingerprint density at radius 1 is 1.35 bits per heavy atom. The number of hydrogen-bond acceptors (Lipinski definition) is 5. The van der Waals surface area contributed by atoms with E-state index in [9.17, 15) is 14.9 Å². The van der Waals surface area contributed by atoms with Crippen molar-refractivity contribution in [2.75, 3.05) is 0 Å². The Kier molecular flexibility index (Phi) is 4.59. The number of nitro groups is 1. The van der Waals surface area contributed by atoms with E-state index in [1.54, 1.807) is 45.1 Å². The lowest BCUT2D eigenvalue weighted by atomic mass is 10.2. The molecule has 0 spiro atoms. The quantitative estimate of drug-likeness (QED) is 0.636. The third-order valence-corrected chi connectivity index (χ3v) is 2.77. The van der Waals surface area contributed by atoms with Crippen LogP contribution in [0.3, 0.4) is 0 Å². The molecule has 1 aromatic carbocycles. The second-order valence-electron chi connectivity index (χ2n) is 5.82. The summed E-state index contributed by atoms with van der Waals surface area (Å²) in [5.41, 5.74) is 0.0307. The van der Waals surface area contributed by atoms with Crippen molar-refractivity contribution < 1.29 is 14.5 Å². The molecule has 7 nitrogen and oxygen atoms in total. The highest BCUT2D eigenvalue weighted by molar-refractivity contribution is 5.76. The van der Waals surface area contributed by atoms with Crippen molar-refractivity contribution in [3.63, 3.8) is 0 Å². The second-order valence-corrected chi connectivity index (χ2v) is 5.82. The highest BCUT2D eigenvalue weighted by atomic mass is 16.6. The highest BCUT2D eigenvalue weighted by Gasteiger charge is 2.19. The van der Waals surface area contributed by atoms with E-state index < -0.39 is 16.6 Å². The van der Waals surface area contributed by atoms with E-state index in [2.05, 4.69) is 4.98 Å². The Balaban J connectivity index is 2.21. The zero-order chi connectivity index (χ0) is 17.0. The van der Waals surface area contributed by atoms with Crippen LogP contribution >= 0.6 is 0 Å². The van der Waals surface area contributed by atoms with Gasteiger partial charge in [-0.15, -0.1) is 0 Å². The minimum atomic E-state index is -0.609. The summed E-state index contributed by atoms with van der Waals surface area (Å²) in [6.07, 6.45) is 5.70. The van der Waals surface area contributed by atoms with Crippen molar-refractivity contribution in [3.8, 4) is 0 Å². The van der Waals surface area contributed by atoms with E-state index >= 15 is 0 Å². The van der Waals surface area contributed by atoms with Gasteiger partial charge in [-0.05, 0) is 32.4 Å². The molecular formula is C16H17N3O4. The SMILES string of the molecule is CC(C)(C)OC(=O)n1ccnc1C=Cc1cccc([N+](=O)[O-])c1. The number of nitrogens with zero attached hydrogens (tertiary/aromatic N) is 3. The van der Waals surface area contributed by atoms with Gasteiger partial charge >= 0.3 is 6.09 Å². The van der Waals surface area contributed by atoms with Gasteiger partial charge in [0.05, 0.1) is 4.92 Å². The van der Waals surface area contributed by atoms with Gasteiger partial charge in [-0.2, -0.15) is 0 Å². The molecule has 23 heavy (non-hydrogen) atoms. The molecule has 0 aliphatic rings. The number of non-ortho nitro benzene ring substituents is 1. The average molecular weight is 315 g/mol. The molecule has 0 bridgehead atoms. The molecule has 2 aromatic rings. The molecule has 0 radical (unpaired) electrons. The fourth-order valence-electron chi connectivity index (χ4n) is 1.82. The summed E-state index contributed by atoms with van der Waals surface area (Å²) in [4.78, 5) is 26.5. The monoisotopic (exact) mass is 315 g/mol. The summed E-state index contributed by atoms with van der Waals surface area (Å²) in [6.45, 7) is 5.33. The van der Waals surface area contributed by atoms with Crippen molar-refractivity contribution >= 4 is 23.9 Å². The molecular weight excluding hydrogens is 298 g/mol. The van der Waals surface area contributed by atoms with Gasteiger partial charge in [-0.1, -0.05) is 18.2 Å². The molecule has 1 aromatic heterocycles. The van der Waals surface area contributed by atoms with Crippen LogP contribution in [0.25, 0.3) is 12.2 Å². The molecule has 0 saturated carbocycles. The summed E-state index contributed by atoms with van der Waals surface area (Å²) in [6, 6.07) is 6.18. The molecule has 0 saturated heterocycles. The summed E-state index contributed by atoms with van der Waals surface area (Å²) in [5, 5.41) is 10.8. The standard InChI is InChI=1S/C16H17N3O4/c1-16(2,3)23-15(20)18-10-9-17-14(18)8-7-12-5-4-6-13(11-12)19(21)22/h4-11H,1-3H3. The first-order valence-electron chi connectivity index (χ1n) is 6.95. The van der Waals surface area contributed by atoms with Crippen LogP contribution in [0.2, 0.25) is 0 Å². The minimum Gasteiger partial charge on any atom is -0.443 e. The largest absolute Gasteiger partial charge is 0.443 e. The van der Waals surface area contributed by atoms with Gasteiger partial charge in [0.25, 0.3) is 5.69 Å². The summed E-state index contributed by atoms with van der Waals surface area (Å²) in [5.74, 6) is 0.380. The van der Waals surface area contributed by atoms with Gasteiger partial charge in [-0.3, -0.25) is 10.1 Å². The van der Waals surface area contributed by atoms with Gasteiger partial charge in [-0.25, -0.2) is 14.3 Å². The molecule has 0 amide bonds. The summed E-state index contributed by atoms with van der Waals surface area (Å²) < 4.78 is 6.56. The fraction of sp³-hybridized carbons (Fsp3) is 0.250. The van der Waals surface area contributed by atoms with Gasteiger partial charge < -0.3 is 4.74 Å².